The molecule has 0 saturated carbocycles. The van der Waals surface area contributed by atoms with Gasteiger partial charge in [0.15, 0.2) is 5.65 Å². The highest BCUT2D eigenvalue weighted by Crippen LogP contribution is 2.15. The number of hydrogen-bond donors (Lipinski definition) is 1. The molecule has 2 N–H and O–H groups in total. The second-order valence-corrected chi connectivity index (χ2v) is 4.20. The van der Waals surface area contributed by atoms with E-state index in [4.69, 9.17) is 5.73 Å². The SMILES string of the molecule is Nc1nc2cccnc2n1CCc1ccccc1. The van der Waals surface area contributed by atoms with Crippen molar-refractivity contribution in [3.05, 3.63) is 54.2 Å². The minimum atomic E-state index is 0.527. The molecule has 0 amide bonds. The Morgan fingerprint density at radius 3 is 2.72 bits per heavy atom. The number of aromatic nitrogens is 3. The molecule has 18 heavy (non-hydrogen) atoms. The third-order valence-corrected chi connectivity index (χ3v) is 3.00. The van der Waals surface area contributed by atoms with Crippen molar-refractivity contribution in [1.82, 2.24) is 14.5 Å². The van der Waals surface area contributed by atoms with E-state index in [0.717, 1.165) is 24.1 Å². The van der Waals surface area contributed by atoms with Crippen LogP contribution < -0.4 is 5.73 Å². The Labute approximate surface area is 105 Å². The molecule has 0 bridgehead atoms. The minimum Gasteiger partial charge on any atom is -0.369 e. The summed E-state index contributed by atoms with van der Waals surface area (Å²) < 4.78 is 1.96. The Balaban J connectivity index is 1.89. The quantitative estimate of drug-likeness (QED) is 0.761. The van der Waals surface area contributed by atoms with E-state index in [1.54, 1.807) is 6.20 Å². The monoisotopic (exact) mass is 238 g/mol. The summed E-state index contributed by atoms with van der Waals surface area (Å²) in [6.45, 7) is 0.795. The van der Waals surface area contributed by atoms with Gasteiger partial charge in [0.05, 0.1) is 0 Å². The summed E-state index contributed by atoms with van der Waals surface area (Å²) in [6, 6.07) is 14.1. The van der Waals surface area contributed by atoms with E-state index in [-0.39, 0.29) is 0 Å². The summed E-state index contributed by atoms with van der Waals surface area (Å²) >= 11 is 0. The van der Waals surface area contributed by atoms with Crippen molar-refractivity contribution < 1.29 is 0 Å². The van der Waals surface area contributed by atoms with Crippen LogP contribution in [0.1, 0.15) is 5.56 Å². The van der Waals surface area contributed by atoms with E-state index < -0.39 is 0 Å². The lowest BCUT2D eigenvalue weighted by atomic mass is 10.1. The van der Waals surface area contributed by atoms with Crippen LogP contribution in [-0.4, -0.2) is 14.5 Å². The first kappa shape index (κ1) is 10.8. The molecule has 3 rings (SSSR count). The summed E-state index contributed by atoms with van der Waals surface area (Å²) in [5.41, 5.74) is 8.92. The van der Waals surface area contributed by atoms with Crippen LogP contribution in [0.15, 0.2) is 48.7 Å². The van der Waals surface area contributed by atoms with Gasteiger partial charge in [-0.25, -0.2) is 9.97 Å². The average molecular weight is 238 g/mol. The minimum absolute atomic E-state index is 0.527. The van der Waals surface area contributed by atoms with Gasteiger partial charge in [0.2, 0.25) is 5.95 Å². The van der Waals surface area contributed by atoms with E-state index in [1.165, 1.54) is 5.56 Å². The van der Waals surface area contributed by atoms with Crippen LogP contribution in [0, 0.1) is 0 Å². The van der Waals surface area contributed by atoms with Crippen molar-refractivity contribution in [2.24, 2.45) is 0 Å². The third-order valence-electron chi connectivity index (χ3n) is 3.00. The van der Waals surface area contributed by atoms with Gasteiger partial charge in [0, 0.05) is 12.7 Å². The molecule has 0 radical (unpaired) electrons. The summed E-state index contributed by atoms with van der Waals surface area (Å²) in [5.74, 6) is 0.527. The number of nitrogen functional groups attached to an aromatic ring is 1. The van der Waals surface area contributed by atoms with Crippen LogP contribution in [0.4, 0.5) is 5.95 Å². The van der Waals surface area contributed by atoms with Crippen LogP contribution >= 0.6 is 0 Å². The molecule has 4 heteroatoms. The van der Waals surface area contributed by atoms with E-state index in [1.807, 2.05) is 34.9 Å². The van der Waals surface area contributed by atoms with Crippen LogP contribution in [-0.2, 0) is 13.0 Å². The summed E-state index contributed by atoms with van der Waals surface area (Å²) in [6.07, 6.45) is 2.69. The van der Waals surface area contributed by atoms with Gasteiger partial charge in [-0.1, -0.05) is 30.3 Å². The number of rotatable bonds is 3. The highest BCUT2D eigenvalue weighted by atomic mass is 15.2. The van der Waals surface area contributed by atoms with E-state index in [2.05, 4.69) is 22.1 Å². The predicted octanol–water partition coefficient (Wildman–Crippen LogP) is 2.26. The van der Waals surface area contributed by atoms with Crippen LogP contribution in [0.3, 0.4) is 0 Å². The maximum absolute atomic E-state index is 5.93. The first-order valence-electron chi connectivity index (χ1n) is 5.95. The largest absolute Gasteiger partial charge is 0.369 e. The number of aryl methyl sites for hydroxylation is 2. The average Bonchev–Trinajstić information content (AvgIpc) is 2.73. The number of nitrogens with zero attached hydrogens (tertiary/aromatic N) is 3. The van der Waals surface area contributed by atoms with Crippen molar-refractivity contribution in [1.29, 1.82) is 0 Å². The Kier molecular flexibility index (Phi) is 2.68. The fourth-order valence-corrected chi connectivity index (χ4v) is 2.08. The van der Waals surface area contributed by atoms with Crippen LogP contribution in [0.5, 0.6) is 0 Å². The number of fused-ring (bicyclic) bond motifs is 1. The second-order valence-electron chi connectivity index (χ2n) is 4.20. The zero-order valence-corrected chi connectivity index (χ0v) is 9.95. The van der Waals surface area contributed by atoms with Crippen LogP contribution in [0.2, 0.25) is 0 Å². The third kappa shape index (κ3) is 1.93. The zero-order chi connectivity index (χ0) is 12.4. The van der Waals surface area contributed by atoms with Gasteiger partial charge in [0.1, 0.15) is 5.52 Å². The molecule has 0 fully saturated rings. The maximum Gasteiger partial charge on any atom is 0.202 e. The number of hydrogen-bond acceptors (Lipinski definition) is 3. The Morgan fingerprint density at radius 1 is 1.06 bits per heavy atom. The first-order chi connectivity index (χ1) is 8.84. The number of benzene rings is 1. The van der Waals surface area contributed by atoms with E-state index >= 15 is 0 Å². The van der Waals surface area contributed by atoms with E-state index in [0.29, 0.717) is 5.95 Å². The maximum atomic E-state index is 5.93. The molecule has 0 spiro atoms. The van der Waals surface area contributed by atoms with Gasteiger partial charge in [-0.3, -0.25) is 4.57 Å². The first-order valence-corrected chi connectivity index (χ1v) is 5.95. The Morgan fingerprint density at radius 2 is 1.89 bits per heavy atom. The molecule has 0 atom stereocenters. The van der Waals surface area contributed by atoms with Crippen molar-refractivity contribution >= 4 is 17.1 Å². The molecular weight excluding hydrogens is 224 g/mol. The molecule has 4 nitrogen and oxygen atoms in total. The smallest absolute Gasteiger partial charge is 0.202 e. The highest BCUT2D eigenvalue weighted by Gasteiger charge is 2.08. The van der Waals surface area contributed by atoms with Crippen molar-refractivity contribution in [3.63, 3.8) is 0 Å². The van der Waals surface area contributed by atoms with E-state index in [9.17, 15) is 0 Å². The summed E-state index contributed by atoms with van der Waals surface area (Å²) in [4.78, 5) is 8.64. The molecule has 90 valence electrons. The number of nitrogens with two attached hydrogens (primary N) is 1. The fraction of sp³-hybridized carbons (Fsp3) is 0.143. The topological polar surface area (TPSA) is 56.7 Å². The summed E-state index contributed by atoms with van der Waals surface area (Å²) in [5, 5.41) is 0. The molecular formula is C14H14N4. The fourth-order valence-electron chi connectivity index (χ4n) is 2.08. The standard InChI is InChI=1S/C14H14N4/c15-14-17-12-7-4-9-16-13(12)18(14)10-8-11-5-2-1-3-6-11/h1-7,9H,8,10H2,(H2,15,17). The molecule has 2 aromatic heterocycles. The van der Waals surface area contributed by atoms with Gasteiger partial charge in [-0.05, 0) is 24.1 Å². The Hall–Kier alpha value is -2.36. The molecule has 0 saturated heterocycles. The number of pyridine rings is 1. The second kappa shape index (κ2) is 4.49. The molecule has 2 heterocycles. The lowest BCUT2D eigenvalue weighted by Crippen LogP contribution is -2.06. The number of imidazole rings is 1. The van der Waals surface area contributed by atoms with Crippen molar-refractivity contribution in [2.45, 2.75) is 13.0 Å². The molecule has 1 aromatic carbocycles. The zero-order valence-electron chi connectivity index (χ0n) is 9.95. The number of anilines is 1. The predicted molar refractivity (Wildman–Crippen MR) is 72.1 cm³/mol. The lowest BCUT2D eigenvalue weighted by Gasteiger charge is -2.05. The van der Waals surface area contributed by atoms with Gasteiger partial charge in [-0.15, -0.1) is 0 Å². The normalized spacial score (nSPS) is 10.9. The van der Waals surface area contributed by atoms with Gasteiger partial charge >= 0.3 is 0 Å². The van der Waals surface area contributed by atoms with Gasteiger partial charge in [0.25, 0.3) is 0 Å². The van der Waals surface area contributed by atoms with Crippen molar-refractivity contribution in [2.75, 3.05) is 5.73 Å². The highest BCUT2D eigenvalue weighted by molar-refractivity contribution is 5.73. The molecule has 0 aliphatic rings. The molecule has 3 aromatic rings. The van der Waals surface area contributed by atoms with Crippen LogP contribution in [0.25, 0.3) is 11.2 Å². The summed E-state index contributed by atoms with van der Waals surface area (Å²) in [7, 11) is 0. The molecule has 0 aliphatic carbocycles. The van der Waals surface area contributed by atoms with Crippen molar-refractivity contribution in [3.8, 4) is 0 Å². The lowest BCUT2D eigenvalue weighted by molar-refractivity contribution is 0.720. The molecule has 0 unspecified atom stereocenters. The Bertz CT molecular complexity index is 658. The van der Waals surface area contributed by atoms with Gasteiger partial charge in [-0.2, -0.15) is 0 Å². The molecule has 0 aliphatic heterocycles. The van der Waals surface area contributed by atoms with Gasteiger partial charge < -0.3 is 5.73 Å².